The Hall–Kier alpha value is -5.10. The van der Waals surface area contributed by atoms with Crippen molar-refractivity contribution in [2.24, 2.45) is 0 Å². The van der Waals surface area contributed by atoms with Gasteiger partial charge >= 0.3 is 5.97 Å². The van der Waals surface area contributed by atoms with Gasteiger partial charge in [-0.05, 0) is 36.4 Å². The highest BCUT2D eigenvalue weighted by Crippen LogP contribution is 2.21. The third-order valence-electron chi connectivity index (χ3n) is 4.94. The zero-order valence-corrected chi connectivity index (χ0v) is 19.2. The van der Waals surface area contributed by atoms with Crippen molar-refractivity contribution in [3.63, 3.8) is 0 Å². The van der Waals surface area contributed by atoms with Gasteiger partial charge in [0, 0.05) is 0 Å². The van der Waals surface area contributed by atoms with E-state index in [9.17, 15) is 14.9 Å². The number of amides is 1. The molecule has 4 aromatic rings. The summed E-state index contributed by atoms with van der Waals surface area (Å²) in [5, 5.41) is 16.1. The number of nitrogens with one attached hydrogen (secondary N) is 1. The van der Waals surface area contributed by atoms with Crippen LogP contribution in [0.4, 0.5) is 5.82 Å². The predicted octanol–water partition coefficient (Wildman–Crippen LogP) is 4.00. The number of benzene rings is 3. The number of hydrogen-bond donors (Lipinski definition) is 1. The van der Waals surface area contributed by atoms with Crippen molar-refractivity contribution in [3.8, 4) is 23.3 Å². The maximum atomic E-state index is 12.7. The number of esters is 1. The summed E-state index contributed by atoms with van der Waals surface area (Å²) < 4.78 is 17.9. The first kappa shape index (κ1) is 24.0. The van der Waals surface area contributed by atoms with Crippen LogP contribution in [0.5, 0.6) is 11.5 Å². The van der Waals surface area contributed by atoms with E-state index in [1.807, 2.05) is 54.6 Å². The zero-order valence-electron chi connectivity index (χ0n) is 19.2. The van der Waals surface area contributed by atoms with E-state index in [4.69, 9.17) is 14.2 Å². The van der Waals surface area contributed by atoms with E-state index < -0.39 is 18.5 Å². The minimum absolute atomic E-state index is 0.176. The summed E-state index contributed by atoms with van der Waals surface area (Å²) in [6.45, 7) is -0.0681. The van der Waals surface area contributed by atoms with Crippen molar-refractivity contribution < 1.29 is 23.8 Å². The summed E-state index contributed by atoms with van der Waals surface area (Å²) in [6, 6.07) is 26.9. The Morgan fingerprint density at radius 2 is 1.56 bits per heavy atom. The van der Waals surface area contributed by atoms with Gasteiger partial charge in [0.25, 0.3) is 5.91 Å². The van der Waals surface area contributed by atoms with Crippen LogP contribution in [-0.2, 0) is 9.53 Å². The van der Waals surface area contributed by atoms with Crippen molar-refractivity contribution in [1.29, 1.82) is 5.26 Å². The van der Waals surface area contributed by atoms with Crippen molar-refractivity contribution in [3.05, 3.63) is 102 Å². The van der Waals surface area contributed by atoms with E-state index in [0.717, 1.165) is 0 Å². The lowest BCUT2D eigenvalue weighted by molar-refractivity contribution is -0.119. The molecule has 0 fully saturated rings. The number of carbonyl (C=O) groups excluding carboxylic acids is 2. The van der Waals surface area contributed by atoms with Crippen LogP contribution in [0.2, 0.25) is 0 Å². The summed E-state index contributed by atoms with van der Waals surface area (Å²) in [5.41, 5.74) is 1.01. The molecule has 0 radical (unpaired) electrons. The molecule has 9 nitrogen and oxygen atoms in total. The van der Waals surface area contributed by atoms with Gasteiger partial charge in [-0.2, -0.15) is 10.4 Å². The molecule has 3 aromatic carbocycles. The van der Waals surface area contributed by atoms with Gasteiger partial charge in [0.1, 0.15) is 41.9 Å². The molecule has 36 heavy (non-hydrogen) atoms. The first-order valence-corrected chi connectivity index (χ1v) is 11.1. The minimum atomic E-state index is -0.721. The van der Waals surface area contributed by atoms with Gasteiger partial charge in [0.15, 0.2) is 12.4 Å². The van der Waals surface area contributed by atoms with Crippen LogP contribution < -0.4 is 14.8 Å². The van der Waals surface area contributed by atoms with Crippen LogP contribution in [0.25, 0.3) is 5.69 Å². The van der Waals surface area contributed by atoms with Crippen LogP contribution in [-0.4, -0.2) is 41.5 Å². The molecule has 180 valence electrons. The summed E-state index contributed by atoms with van der Waals surface area (Å²) in [6.07, 6.45) is 1.35. The average Bonchev–Trinajstić information content (AvgIpc) is 3.33. The van der Waals surface area contributed by atoms with Crippen molar-refractivity contribution in [1.82, 2.24) is 9.78 Å². The maximum absolute atomic E-state index is 12.7. The normalized spacial score (nSPS) is 10.2. The second-order valence-electron chi connectivity index (χ2n) is 7.40. The molecule has 0 atom stereocenters. The predicted molar refractivity (Wildman–Crippen MR) is 131 cm³/mol. The fourth-order valence-corrected chi connectivity index (χ4v) is 3.28. The number of carbonyl (C=O) groups is 2. The lowest BCUT2D eigenvalue weighted by atomic mass is 10.2. The van der Waals surface area contributed by atoms with Crippen LogP contribution in [0, 0.1) is 11.3 Å². The van der Waals surface area contributed by atoms with Gasteiger partial charge < -0.3 is 19.5 Å². The summed E-state index contributed by atoms with van der Waals surface area (Å²) >= 11 is 0. The second-order valence-corrected chi connectivity index (χ2v) is 7.40. The lowest BCUT2D eigenvalue weighted by Gasteiger charge is -2.12. The molecular formula is C27H22N4O5. The molecule has 0 aliphatic carbocycles. The number of ether oxygens (including phenoxy) is 3. The zero-order chi connectivity index (χ0) is 25.2. The molecule has 0 saturated carbocycles. The molecule has 0 bridgehead atoms. The Balaban J connectivity index is 1.34. The highest BCUT2D eigenvalue weighted by Gasteiger charge is 2.18. The number of rotatable bonds is 10. The number of nitrogens with zero attached hydrogens (tertiary/aromatic N) is 3. The second kappa shape index (κ2) is 11.9. The molecule has 1 N–H and O–H groups in total. The topological polar surface area (TPSA) is 115 Å². The molecule has 0 saturated heterocycles. The largest absolute Gasteiger partial charge is 0.490 e. The van der Waals surface area contributed by atoms with Gasteiger partial charge in [-0.1, -0.05) is 48.5 Å². The molecule has 0 aliphatic rings. The SMILES string of the molecule is N#Cc1cnn(-c2ccccc2)c1NC(=O)COC(=O)c1ccccc1OCCOc1ccccc1. The molecule has 1 heterocycles. The number of hydrogen-bond acceptors (Lipinski definition) is 7. The molecule has 1 amide bonds. The van der Waals surface area contributed by atoms with E-state index in [-0.39, 0.29) is 30.2 Å². The maximum Gasteiger partial charge on any atom is 0.342 e. The molecule has 4 rings (SSSR count). The van der Waals surface area contributed by atoms with Crippen LogP contribution >= 0.6 is 0 Å². The lowest BCUT2D eigenvalue weighted by Crippen LogP contribution is -2.23. The highest BCUT2D eigenvalue weighted by atomic mass is 16.5. The Morgan fingerprint density at radius 3 is 2.31 bits per heavy atom. The first-order valence-electron chi connectivity index (χ1n) is 11.1. The summed E-state index contributed by atoms with van der Waals surface area (Å²) in [5.74, 6) is -0.123. The van der Waals surface area contributed by atoms with E-state index in [1.165, 1.54) is 10.9 Å². The van der Waals surface area contributed by atoms with Gasteiger partial charge in [0.05, 0.1) is 11.9 Å². The van der Waals surface area contributed by atoms with E-state index in [2.05, 4.69) is 10.4 Å². The van der Waals surface area contributed by atoms with Gasteiger partial charge in [-0.15, -0.1) is 0 Å². The third-order valence-corrected chi connectivity index (χ3v) is 4.94. The average molecular weight is 482 g/mol. The Labute approximate surface area is 207 Å². The molecular weight excluding hydrogens is 460 g/mol. The van der Waals surface area contributed by atoms with Crippen LogP contribution in [0.3, 0.4) is 0 Å². The quantitative estimate of drug-likeness (QED) is 0.268. The summed E-state index contributed by atoms with van der Waals surface area (Å²) in [4.78, 5) is 25.2. The standard InChI is InChI=1S/C27H22N4O5/c28-17-20-18-29-31(21-9-3-1-4-10-21)26(20)30-25(32)19-36-27(33)23-13-7-8-14-24(23)35-16-15-34-22-11-5-2-6-12-22/h1-14,18H,15-16,19H2,(H,30,32). The van der Waals surface area contributed by atoms with Crippen molar-refractivity contribution in [2.45, 2.75) is 0 Å². The molecule has 0 aliphatic heterocycles. The fourth-order valence-electron chi connectivity index (χ4n) is 3.28. The number of anilines is 1. The highest BCUT2D eigenvalue weighted by molar-refractivity contribution is 5.97. The molecule has 0 spiro atoms. The van der Waals surface area contributed by atoms with E-state index in [0.29, 0.717) is 17.2 Å². The number of nitriles is 1. The molecule has 0 unspecified atom stereocenters. The van der Waals surface area contributed by atoms with E-state index >= 15 is 0 Å². The van der Waals surface area contributed by atoms with E-state index in [1.54, 1.807) is 36.4 Å². The Kier molecular flexibility index (Phi) is 7.91. The summed E-state index contributed by atoms with van der Waals surface area (Å²) in [7, 11) is 0. The van der Waals surface area contributed by atoms with Gasteiger partial charge in [-0.3, -0.25) is 4.79 Å². The first-order chi connectivity index (χ1) is 17.7. The number of aromatic nitrogens is 2. The monoisotopic (exact) mass is 482 g/mol. The van der Waals surface area contributed by atoms with Crippen molar-refractivity contribution >= 4 is 17.7 Å². The molecule has 1 aromatic heterocycles. The van der Waals surface area contributed by atoms with Crippen LogP contribution in [0.1, 0.15) is 15.9 Å². The van der Waals surface area contributed by atoms with Crippen molar-refractivity contribution in [2.75, 3.05) is 25.1 Å². The molecule has 9 heteroatoms. The fraction of sp³-hybridized carbons (Fsp3) is 0.111. The number of para-hydroxylation sites is 3. The Bertz CT molecular complexity index is 1360. The Morgan fingerprint density at radius 1 is 0.889 bits per heavy atom. The van der Waals surface area contributed by atoms with Gasteiger partial charge in [0.2, 0.25) is 0 Å². The van der Waals surface area contributed by atoms with Crippen LogP contribution in [0.15, 0.2) is 91.1 Å². The smallest absolute Gasteiger partial charge is 0.342 e. The third kappa shape index (κ3) is 6.07. The minimum Gasteiger partial charge on any atom is -0.490 e. The van der Waals surface area contributed by atoms with Gasteiger partial charge in [-0.25, -0.2) is 9.48 Å².